The van der Waals surface area contributed by atoms with Crippen LogP contribution >= 0.6 is 0 Å². The highest BCUT2D eigenvalue weighted by molar-refractivity contribution is 7.92. The van der Waals surface area contributed by atoms with Crippen molar-refractivity contribution in [1.82, 2.24) is 0 Å². The highest BCUT2D eigenvalue weighted by Crippen LogP contribution is 2.21. The Kier molecular flexibility index (Phi) is 3.46. The van der Waals surface area contributed by atoms with E-state index in [-0.39, 0.29) is 5.43 Å². The summed E-state index contributed by atoms with van der Waals surface area (Å²) in [6.07, 6.45) is 2.50. The third kappa shape index (κ3) is 2.87. The maximum absolute atomic E-state index is 12.5. The van der Waals surface area contributed by atoms with Crippen LogP contribution in [0, 0.1) is 0 Å². The predicted molar refractivity (Wildman–Crippen MR) is 86.4 cm³/mol. The molecule has 1 N–H and O–H groups in total. The average Bonchev–Trinajstić information content (AvgIpc) is 2.47. The minimum absolute atomic E-state index is 0.120. The molecule has 0 aliphatic heterocycles. The van der Waals surface area contributed by atoms with E-state index < -0.39 is 10.0 Å². The number of rotatable bonds is 3. The van der Waals surface area contributed by atoms with Gasteiger partial charge in [-0.1, -0.05) is 24.3 Å². The fraction of sp³-hybridized carbons (Fsp3) is 0.0625. The van der Waals surface area contributed by atoms with Crippen molar-refractivity contribution in [3.8, 4) is 11.1 Å². The quantitative estimate of drug-likeness (QED) is 0.806. The molecule has 3 aromatic rings. The Hall–Kier alpha value is -2.60. The SMILES string of the molecule is CS(=O)(=O)Nc1ccc(-c2coc3ccccc3c2=O)cc1. The van der Waals surface area contributed by atoms with Gasteiger partial charge in [-0.15, -0.1) is 0 Å². The van der Waals surface area contributed by atoms with Crippen LogP contribution < -0.4 is 10.2 Å². The van der Waals surface area contributed by atoms with E-state index in [1.807, 2.05) is 0 Å². The first kappa shape index (κ1) is 14.3. The summed E-state index contributed by atoms with van der Waals surface area (Å²) in [6, 6.07) is 13.6. The number of para-hydroxylation sites is 1. The number of hydrogen-bond acceptors (Lipinski definition) is 4. The first-order valence-corrected chi connectivity index (χ1v) is 8.42. The molecule has 2 aromatic carbocycles. The van der Waals surface area contributed by atoms with Crippen LogP contribution in [0.15, 0.2) is 64.0 Å². The molecule has 1 aromatic heterocycles. The molecular formula is C16H13NO4S. The van der Waals surface area contributed by atoms with Gasteiger partial charge in [0.05, 0.1) is 17.2 Å². The van der Waals surface area contributed by atoms with Crippen LogP contribution in [0.1, 0.15) is 0 Å². The summed E-state index contributed by atoms with van der Waals surface area (Å²) in [5, 5.41) is 0.512. The number of anilines is 1. The second kappa shape index (κ2) is 5.31. The summed E-state index contributed by atoms with van der Waals surface area (Å²) < 4.78 is 30.2. The second-order valence-corrected chi connectivity index (χ2v) is 6.67. The fourth-order valence-electron chi connectivity index (χ4n) is 2.21. The molecule has 0 fully saturated rings. The molecule has 0 aliphatic rings. The lowest BCUT2D eigenvalue weighted by Gasteiger charge is -2.06. The Morgan fingerprint density at radius 3 is 2.36 bits per heavy atom. The Bertz CT molecular complexity index is 989. The molecule has 0 spiro atoms. The van der Waals surface area contributed by atoms with Crippen molar-refractivity contribution in [2.45, 2.75) is 0 Å². The Morgan fingerprint density at radius 1 is 1.00 bits per heavy atom. The molecule has 6 heteroatoms. The molecule has 0 unspecified atom stereocenters. The van der Waals surface area contributed by atoms with Gasteiger partial charge < -0.3 is 4.42 Å². The van der Waals surface area contributed by atoms with Crippen LogP contribution in [-0.2, 0) is 10.0 Å². The zero-order valence-electron chi connectivity index (χ0n) is 11.7. The van der Waals surface area contributed by atoms with Gasteiger partial charge in [-0.3, -0.25) is 9.52 Å². The molecular weight excluding hydrogens is 302 g/mol. The van der Waals surface area contributed by atoms with Crippen molar-refractivity contribution in [3.63, 3.8) is 0 Å². The molecule has 0 atom stereocenters. The molecule has 0 aliphatic carbocycles. The minimum atomic E-state index is -3.32. The molecule has 112 valence electrons. The second-order valence-electron chi connectivity index (χ2n) is 4.93. The third-order valence-electron chi connectivity index (χ3n) is 3.18. The summed E-state index contributed by atoms with van der Waals surface area (Å²) in [7, 11) is -3.32. The van der Waals surface area contributed by atoms with E-state index in [1.165, 1.54) is 6.26 Å². The molecule has 0 bridgehead atoms. The van der Waals surface area contributed by atoms with E-state index in [9.17, 15) is 13.2 Å². The summed E-state index contributed by atoms with van der Waals surface area (Å²) >= 11 is 0. The zero-order valence-corrected chi connectivity index (χ0v) is 12.6. The Labute approximate surface area is 127 Å². The number of fused-ring (bicyclic) bond motifs is 1. The molecule has 22 heavy (non-hydrogen) atoms. The van der Waals surface area contributed by atoms with Crippen molar-refractivity contribution in [2.24, 2.45) is 0 Å². The van der Waals surface area contributed by atoms with Gasteiger partial charge in [0.15, 0.2) is 5.43 Å². The summed E-state index contributed by atoms with van der Waals surface area (Å²) in [4.78, 5) is 12.5. The fourth-order valence-corrected chi connectivity index (χ4v) is 2.77. The van der Waals surface area contributed by atoms with Crippen molar-refractivity contribution < 1.29 is 12.8 Å². The zero-order chi connectivity index (χ0) is 15.7. The largest absolute Gasteiger partial charge is 0.463 e. The standard InChI is InChI=1S/C16H13NO4S/c1-22(19,20)17-12-8-6-11(7-9-12)14-10-21-15-5-3-2-4-13(15)16(14)18/h2-10,17H,1H3. The maximum atomic E-state index is 12.5. The molecule has 1 heterocycles. The summed E-state index contributed by atoms with van der Waals surface area (Å²) in [6.45, 7) is 0. The maximum Gasteiger partial charge on any atom is 0.229 e. The summed E-state index contributed by atoms with van der Waals surface area (Å²) in [5.74, 6) is 0. The van der Waals surface area contributed by atoms with Crippen molar-refractivity contribution in [2.75, 3.05) is 11.0 Å². The molecule has 0 saturated heterocycles. The lowest BCUT2D eigenvalue weighted by molar-refractivity contribution is 0.604. The van der Waals surface area contributed by atoms with Gasteiger partial charge in [0.2, 0.25) is 10.0 Å². The van der Waals surface area contributed by atoms with Crippen LogP contribution in [0.2, 0.25) is 0 Å². The monoisotopic (exact) mass is 315 g/mol. The van der Waals surface area contributed by atoms with Crippen molar-refractivity contribution in [3.05, 3.63) is 65.0 Å². The van der Waals surface area contributed by atoms with Gasteiger partial charge in [-0.25, -0.2) is 8.42 Å². The highest BCUT2D eigenvalue weighted by Gasteiger charge is 2.09. The molecule has 3 rings (SSSR count). The number of nitrogens with one attached hydrogen (secondary N) is 1. The van der Waals surface area contributed by atoms with E-state index in [0.29, 0.717) is 27.8 Å². The van der Waals surface area contributed by atoms with E-state index >= 15 is 0 Å². The summed E-state index contributed by atoms with van der Waals surface area (Å²) in [5.41, 5.74) is 1.96. The number of benzene rings is 2. The molecule has 5 nitrogen and oxygen atoms in total. The average molecular weight is 315 g/mol. The lowest BCUT2D eigenvalue weighted by atomic mass is 10.1. The van der Waals surface area contributed by atoms with E-state index in [4.69, 9.17) is 4.42 Å². The van der Waals surface area contributed by atoms with Gasteiger partial charge in [-0.2, -0.15) is 0 Å². The van der Waals surface area contributed by atoms with Crippen LogP contribution in [0.25, 0.3) is 22.1 Å². The van der Waals surface area contributed by atoms with Crippen LogP contribution in [-0.4, -0.2) is 14.7 Å². The van der Waals surface area contributed by atoms with Gasteiger partial charge in [0.25, 0.3) is 0 Å². The normalized spacial score (nSPS) is 11.5. The lowest BCUT2D eigenvalue weighted by Crippen LogP contribution is -2.09. The topological polar surface area (TPSA) is 76.4 Å². The highest BCUT2D eigenvalue weighted by atomic mass is 32.2. The Balaban J connectivity index is 2.05. The smallest absolute Gasteiger partial charge is 0.229 e. The number of hydrogen-bond donors (Lipinski definition) is 1. The molecule has 0 radical (unpaired) electrons. The number of sulfonamides is 1. The van der Waals surface area contributed by atoms with E-state index in [0.717, 1.165) is 6.26 Å². The van der Waals surface area contributed by atoms with Crippen molar-refractivity contribution >= 4 is 26.7 Å². The first-order valence-electron chi connectivity index (χ1n) is 6.53. The molecule has 0 saturated carbocycles. The first-order chi connectivity index (χ1) is 10.4. The van der Waals surface area contributed by atoms with E-state index in [1.54, 1.807) is 48.5 Å². The minimum Gasteiger partial charge on any atom is -0.463 e. The van der Waals surface area contributed by atoms with Crippen LogP contribution in [0.3, 0.4) is 0 Å². The molecule has 0 amide bonds. The van der Waals surface area contributed by atoms with Crippen molar-refractivity contribution in [1.29, 1.82) is 0 Å². The van der Waals surface area contributed by atoms with E-state index in [2.05, 4.69) is 4.72 Å². The third-order valence-corrected chi connectivity index (χ3v) is 3.79. The van der Waals surface area contributed by atoms with Gasteiger partial charge >= 0.3 is 0 Å². The van der Waals surface area contributed by atoms with Gasteiger partial charge in [0, 0.05) is 5.69 Å². The Morgan fingerprint density at radius 2 is 1.68 bits per heavy atom. The predicted octanol–water partition coefficient (Wildman–Crippen LogP) is 2.83. The van der Waals surface area contributed by atoms with Gasteiger partial charge in [-0.05, 0) is 29.8 Å². The van der Waals surface area contributed by atoms with Gasteiger partial charge in [0.1, 0.15) is 11.8 Å². The van der Waals surface area contributed by atoms with Crippen LogP contribution in [0.5, 0.6) is 0 Å². The van der Waals surface area contributed by atoms with Crippen LogP contribution in [0.4, 0.5) is 5.69 Å².